The van der Waals surface area contributed by atoms with Crippen molar-refractivity contribution in [2.24, 2.45) is 7.05 Å². The minimum absolute atomic E-state index is 0.0828. The number of amides is 1. The number of nitrogens with one attached hydrogen (secondary N) is 1. The second-order valence-electron chi connectivity index (χ2n) is 8.72. The largest absolute Gasteiger partial charge is 0.389 e. The lowest BCUT2D eigenvalue weighted by Gasteiger charge is -2.28. The summed E-state index contributed by atoms with van der Waals surface area (Å²) >= 11 is 0. The van der Waals surface area contributed by atoms with Crippen molar-refractivity contribution in [3.8, 4) is 11.3 Å². The molecular weight excluding hydrogens is 455 g/mol. The van der Waals surface area contributed by atoms with Crippen molar-refractivity contribution in [3.63, 3.8) is 0 Å². The van der Waals surface area contributed by atoms with Gasteiger partial charge in [-0.15, -0.1) is 0 Å². The van der Waals surface area contributed by atoms with Gasteiger partial charge in [0.15, 0.2) is 5.65 Å². The van der Waals surface area contributed by atoms with E-state index in [1.807, 2.05) is 0 Å². The number of aryl methyl sites for hydroxylation is 2. The summed E-state index contributed by atoms with van der Waals surface area (Å²) in [5.74, 6) is -0.968. The molecule has 1 aliphatic rings. The molecule has 1 saturated heterocycles. The third-order valence-electron chi connectivity index (χ3n) is 6.09. The van der Waals surface area contributed by atoms with Gasteiger partial charge in [0.25, 0.3) is 5.91 Å². The van der Waals surface area contributed by atoms with Crippen molar-refractivity contribution in [2.75, 3.05) is 13.2 Å². The number of benzene rings is 1. The van der Waals surface area contributed by atoms with Gasteiger partial charge in [0.1, 0.15) is 5.82 Å². The van der Waals surface area contributed by atoms with Gasteiger partial charge in [-0.3, -0.25) is 18.4 Å². The van der Waals surface area contributed by atoms with E-state index in [4.69, 9.17) is 4.74 Å². The molecule has 4 heterocycles. The van der Waals surface area contributed by atoms with Crippen molar-refractivity contribution in [1.82, 2.24) is 29.0 Å². The molecule has 1 aliphatic heterocycles. The molecule has 10 nitrogen and oxygen atoms in total. The summed E-state index contributed by atoms with van der Waals surface area (Å²) in [5.41, 5.74) is 2.02. The predicted octanol–water partition coefficient (Wildman–Crippen LogP) is 1.27. The van der Waals surface area contributed by atoms with Gasteiger partial charge in [-0.25, -0.2) is 14.2 Å². The van der Waals surface area contributed by atoms with Gasteiger partial charge in [-0.1, -0.05) is 12.1 Å². The number of ether oxygens (including phenoxy) is 1. The molecule has 1 amide bonds. The predicted molar refractivity (Wildman–Crippen MR) is 125 cm³/mol. The Balaban J connectivity index is 1.49. The van der Waals surface area contributed by atoms with Crippen LogP contribution >= 0.6 is 0 Å². The highest BCUT2D eigenvalue weighted by molar-refractivity contribution is 5.99. The van der Waals surface area contributed by atoms with Gasteiger partial charge in [0, 0.05) is 43.4 Å². The van der Waals surface area contributed by atoms with Crippen molar-refractivity contribution >= 4 is 11.6 Å². The van der Waals surface area contributed by atoms with Crippen LogP contribution in [-0.2, 0) is 18.3 Å². The molecule has 2 atom stereocenters. The van der Waals surface area contributed by atoms with Gasteiger partial charge in [-0.2, -0.15) is 5.10 Å². The average Bonchev–Trinajstić information content (AvgIpc) is 3.44. The summed E-state index contributed by atoms with van der Waals surface area (Å²) < 4.78 is 24.4. The molecule has 0 unspecified atom stereocenters. The lowest BCUT2D eigenvalue weighted by Crippen LogP contribution is -2.49. The normalized spacial score (nSPS) is 18.2. The molecule has 0 radical (unpaired) electrons. The van der Waals surface area contributed by atoms with Crippen LogP contribution in [0.15, 0.2) is 47.7 Å². The summed E-state index contributed by atoms with van der Waals surface area (Å²) in [5, 5.41) is 17.2. The zero-order valence-electron chi connectivity index (χ0n) is 19.3. The molecule has 182 valence electrons. The maximum atomic E-state index is 15.0. The second-order valence-corrected chi connectivity index (χ2v) is 8.72. The van der Waals surface area contributed by atoms with Crippen LogP contribution in [0.2, 0.25) is 0 Å². The first kappa shape index (κ1) is 22.9. The number of aliphatic hydroxyl groups excluding tert-OH is 1. The van der Waals surface area contributed by atoms with Gasteiger partial charge >= 0.3 is 5.69 Å². The van der Waals surface area contributed by atoms with E-state index in [0.29, 0.717) is 30.0 Å². The van der Waals surface area contributed by atoms with Crippen molar-refractivity contribution in [1.29, 1.82) is 0 Å². The Kier molecular flexibility index (Phi) is 5.95. The summed E-state index contributed by atoms with van der Waals surface area (Å²) in [7, 11) is 1.78. The second kappa shape index (κ2) is 9.08. The quantitative estimate of drug-likeness (QED) is 0.445. The first-order chi connectivity index (χ1) is 16.8. The van der Waals surface area contributed by atoms with Gasteiger partial charge in [0.05, 0.1) is 42.2 Å². The standard InChI is InChI=1S/C24H25FN6O4/c1-14-10-31-22(26-14)17(23(33)27-20-6-8-35-13-21(20)32)12-30(24(31)34)11-16-4-3-15(9-18(16)25)19-5-7-29(2)28-19/h3-5,7,9-10,12,20-21,32H,6,8,11,13H2,1-2H3,(H,27,33)/t20-,21-/m0/s1. The lowest BCUT2D eigenvalue weighted by molar-refractivity contribution is -0.0260. The van der Waals surface area contributed by atoms with E-state index in [1.54, 1.807) is 43.0 Å². The lowest BCUT2D eigenvalue weighted by atomic mass is 10.1. The molecule has 3 aromatic heterocycles. The summed E-state index contributed by atoms with van der Waals surface area (Å²) in [6.45, 7) is 2.19. The summed E-state index contributed by atoms with van der Waals surface area (Å²) in [6.07, 6.45) is 4.33. The van der Waals surface area contributed by atoms with E-state index >= 15 is 4.39 Å². The fraction of sp³-hybridized carbons (Fsp3) is 0.333. The molecule has 0 saturated carbocycles. The highest BCUT2D eigenvalue weighted by Crippen LogP contribution is 2.21. The SMILES string of the molecule is Cc1cn2c(=O)n(Cc3ccc(-c4ccn(C)n4)cc3F)cc(C(=O)N[C@H]3CCOC[C@@H]3O)c2n1. The number of fused-ring (bicyclic) bond motifs is 1. The van der Waals surface area contributed by atoms with Crippen LogP contribution in [0, 0.1) is 12.7 Å². The minimum Gasteiger partial charge on any atom is -0.389 e. The number of hydrogen-bond acceptors (Lipinski definition) is 6. The highest BCUT2D eigenvalue weighted by atomic mass is 19.1. The number of carbonyl (C=O) groups excluding carboxylic acids is 1. The number of rotatable bonds is 5. The molecular formula is C24H25FN6O4. The molecule has 1 fully saturated rings. The summed E-state index contributed by atoms with van der Waals surface area (Å²) in [6, 6.07) is 6.03. The van der Waals surface area contributed by atoms with E-state index in [-0.39, 0.29) is 29.9 Å². The monoisotopic (exact) mass is 480 g/mol. The molecule has 0 spiro atoms. The van der Waals surface area contributed by atoms with Crippen LogP contribution in [0.5, 0.6) is 0 Å². The average molecular weight is 481 g/mol. The molecule has 0 aliphatic carbocycles. The first-order valence-corrected chi connectivity index (χ1v) is 11.2. The smallest absolute Gasteiger partial charge is 0.334 e. The highest BCUT2D eigenvalue weighted by Gasteiger charge is 2.27. The van der Waals surface area contributed by atoms with E-state index in [9.17, 15) is 14.7 Å². The summed E-state index contributed by atoms with van der Waals surface area (Å²) in [4.78, 5) is 30.6. The molecule has 0 bridgehead atoms. The van der Waals surface area contributed by atoms with Crippen LogP contribution in [0.1, 0.15) is 28.0 Å². The minimum atomic E-state index is -0.831. The maximum Gasteiger partial charge on any atom is 0.334 e. The molecule has 4 aromatic rings. The Morgan fingerprint density at radius 2 is 2.14 bits per heavy atom. The van der Waals surface area contributed by atoms with Gasteiger partial charge < -0.3 is 15.2 Å². The number of aromatic nitrogens is 5. The molecule has 5 rings (SSSR count). The van der Waals surface area contributed by atoms with Crippen LogP contribution < -0.4 is 11.0 Å². The van der Waals surface area contributed by atoms with Gasteiger partial charge in [-0.05, 0) is 25.5 Å². The fourth-order valence-electron chi connectivity index (χ4n) is 4.24. The third kappa shape index (κ3) is 4.47. The van der Waals surface area contributed by atoms with Crippen LogP contribution in [-0.4, -0.2) is 60.1 Å². The van der Waals surface area contributed by atoms with Crippen LogP contribution in [0.4, 0.5) is 4.39 Å². The Hall–Kier alpha value is -3.83. The van der Waals surface area contributed by atoms with E-state index in [1.165, 1.54) is 27.4 Å². The van der Waals surface area contributed by atoms with Gasteiger partial charge in [0.2, 0.25) is 0 Å². The van der Waals surface area contributed by atoms with Crippen molar-refractivity contribution in [3.05, 3.63) is 76.0 Å². The Bertz CT molecular complexity index is 1470. The molecule has 2 N–H and O–H groups in total. The fourth-order valence-corrected chi connectivity index (χ4v) is 4.24. The van der Waals surface area contributed by atoms with E-state index in [0.717, 1.165) is 0 Å². The maximum absolute atomic E-state index is 15.0. The third-order valence-corrected chi connectivity index (χ3v) is 6.09. The first-order valence-electron chi connectivity index (χ1n) is 11.2. The number of halogens is 1. The van der Waals surface area contributed by atoms with Crippen LogP contribution in [0.3, 0.4) is 0 Å². The zero-order valence-corrected chi connectivity index (χ0v) is 19.3. The molecule has 11 heteroatoms. The molecule has 1 aromatic carbocycles. The zero-order chi connectivity index (χ0) is 24.7. The van der Waals surface area contributed by atoms with Crippen LogP contribution in [0.25, 0.3) is 16.9 Å². The Morgan fingerprint density at radius 3 is 2.86 bits per heavy atom. The van der Waals surface area contributed by atoms with E-state index in [2.05, 4.69) is 15.4 Å². The number of aliphatic hydroxyl groups is 1. The number of imidazole rings is 1. The topological polar surface area (TPSA) is 116 Å². The van der Waals surface area contributed by atoms with Crippen molar-refractivity contribution < 1.29 is 19.0 Å². The molecule has 35 heavy (non-hydrogen) atoms. The Labute approximate surface area is 199 Å². The van der Waals surface area contributed by atoms with Crippen molar-refractivity contribution in [2.45, 2.75) is 32.0 Å². The number of hydrogen-bond donors (Lipinski definition) is 2. The Morgan fingerprint density at radius 1 is 1.31 bits per heavy atom. The number of carbonyl (C=O) groups is 1. The number of nitrogens with zero attached hydrogens (tertiary/aromatic N) is 5. The van der Waals surface area contributed by atoms with E-state index < -0.39 is 29.6 Å².